The highest BCUT2D eigenvalue weighted by Gasteiger charge is 2.08. The zero-order valence-corrected chi connectivity index (χ0v) is 11.1. The molecule has 0 aromatic heterocycles. The van der Waals surface area contributed by atoms with Crippen molar-refractivity contribution < 1.29 is 19.0 Å². The normalized spacial score (nSPS) is 11.0. The second kappa shape index (κ2) is 6.69. The average molecular weight is 250 g/mol. The standard InChI is InChI=1S/C14H18O4/c1-5-18-14(15)8-10(2)12-9-11(16-3)6-7-13(12)17-4/h6-9H,5H2,1-4H3/b10-8+. The molecule has 0 fully saturated rings. The van der Waals surface area contributed by atoms with E-state index >= 15 is 0 Å². The number of hydrogen-bond acceptors (Lipinski definition) is 4. The van der Waals surface area contributed by atoms with E-state index in [1.807, 2.05) is 13.0 Å². The van der Waals surface area contributed by atoms with Gasteiger partial charge in [-0.25, -0.2) is 4.79 Å². The van der Waals surface area contributed by atoms with E-state index in [0.717, 1.165) is 11.1 Å². The van der Waals surface area contributed by atoms with Crippen LogP contribution in [-0.4, -0.2) is 26.8 Å². The number of carbonyl (C=O) groups is 1. The number of allylic oxidation sites excluding steroid dienone is 1. The zero-order chi connectivity index (χ0) is 13.5. The Morgan fingerprint density at radius 3 is 2.56 bits per heavy atom. The van der Waals surface area contributed by atoms with Gasteiger partial charge in [0.15, 0.2) is 0 Å². The minimum absolute atomic E-state index is 0.359. The largest absolute Gasteiger partial charge is 0.497 e. The summed E-state index contributed by atoms with van der Waals surface area (Å²) in [6.07, 6.45) is 1.45. The monoisotopic (exact) mass is 250 g/mol. The Morgan fingerprint density at radius 1 is 1.28 bits per heavy atom. The molecule has 0 atom stereocenters. The van der Waals surface area contributed by atoms with Crippen LogP contribution >= 0.6 is 0 Å². The Kier molecular flexibility index (Phi) is 5.24. The molecule has 0 saturated heterocycles. The predicted molar refractivity (Wildman–Crippen MR) is 69.8 cm³/mol. The molecule has 0 unspecified atom stereocenters. The third kappa shape index (κ3) is 3.52. The Hall–Kier alpha value is -1.97. The number of ether oxygens (including phenoxy) is 3. The second-order valence-electron chi connectivity index (χ2n) is 3.65. The minimum Gasteiger partial charge on any atom is -0.497 e. The first-order valence-corrected chi connectivity index (χ1v) is 5.69. The smallest absolute Gasteiger partial charge is 0.331 e. The molecular formula is C14H18O4. The molecule has 0 bridgehead atoms. The molecule has 4 nitrogen and oxygen atoms in total. The molecular weight excluding hydrogens is 232 g/mol. The third-order valence-electron chi connectivity index (χ3n) is 2.45. The third-order valence-corrected chi connectivity index (χ3v) is 2.45. The summed E-state index contributed by atoms with van der Waals surface area (Å²) in [6, 6.07) is 5.43. The fourth-order valence-electron chi connectivity index (χ4n) is 1.56. The van der Waals surface area contributed by atoms with Crippen LogP contribution in [0.4, 0.5) is 0 Å². The highest BCUT2D eigenvalue weighted by Crippen LogP contribution is 2.29. The fraction of sp³-hybridized carbons (Fsp3) is 0.357. The fourth-order valence-corrected chi connectivity index (χ4v) is 1.56. The number of carbonyl (C=O) groups excluding carboxylic acids is 1. The molecule has 0 aliphatic rings. The number of methoxy groups -OCH3 is 2. The van der Waals surface area contributed by atoms with Crippen molar-refractivity contribution in [3.05, 3.63) is 29.8 Å². The first-order valence-electron chi connectivity index (χ1n) is 5.69. The summed E-state index contributed by atoms with van der Waals surface area (Å²) in [5.74, 6) is 1.04. The number of esters is 1. The van der Waals surface area contributed by atoms with E-state index < -0.39 is 0 Å². The molecule has 0 heterocycles. The SMILES string of the molecule is CCOC(=O)/C=C(\C)c1cc(OC)ccc1OC. The average Bonchev–Trinajstić information content (AvgIpc) is 2.38. The van der Waals surface area contributed by atoms with Crippen LogP contribution in [0, 0.1) is 0 Å². The van der Waals surface area contributed by atoms with Gasteiger partial charge in [0.25, 0.3) is 0 Å². The van der Waals surface area contributed by atoms with Gasteiger partial charge in [-0.1, -0.05) is 0 Å². The van der Waals surface area contributed by atoms with Crippen LogP contribution in [0.3, 0.4) is 0 Å². The molecule has 0 radical (unpaired) electrons. The highest BCUT2D eigenvalue weighted by atomic mass is 16.5. The summed E-state index contributed by atoms with van der Waals surface area (Å²) in [7, 11) is 3.18. The molecule has 1 aromatic carbocycles. The van der Waals surface area contributed by atoms with E-state index in [1.165, 1.54) is 6.08 Å². The molecule has 98 valence electrons. The topological polar surface area (TPSA) is 44.8 Å². The minimum atomic E-state index is -0.361. The number of rotatable bonds is 5. The Morgan fingerprint density at radius 2 is 2.00 bits per heavy atom. The maximum atomic E-state index is 11.4. The van der Waals surface area contributed by atoms with Crippen molar-refractivity contribution in [2.24, 2.45) is 0 Å². The van der Waals surface area contributed by atoms with E-state index in [9.17, 15) is 4.79 Å². The van der Waals surface area contributed by atoms with Crippen molar-refractivity contribution in [1.82, 2.24) is 0 Å². The van der Waals surface area contributed by atoms with Crippen molar-refractivity contribution in [3.63, 3.8) is 0 Å². The first kappa shape index (κ1) is 14.1. The van der Waals surface area contributed by atoms with Crippen LogP contribution in [0.1, 0.15) is 19.4 Å². The summed E-state index contributed by atoms with van der Waals surface area (Å²) in [4.78, 5) is 11.4. The van der Waals surface area contributed by atoms with Crippen LogP contribution in [0.25, 0.3) is 5.57 Å². The van der Waals surface area contributed by atoms with Gasteiger partial charge in [0.1, 0.15) is 11.5 Å². The van der Waals surface area contributed by atoms with Crippen LogP contribution < -0.4 is 9.47 Å². The van der Waals surface area contributed by atoms with Crippen molar-refractivity contribution in [2.45, 2.75) is 13.8 Å². The van der Waals surface area contributed by atoms with E-state index in [0.29, 0.717) is 18.1 Å². The van der Waals surface area contributed by atoms with E-state index in [2.05, 4.69) is 0 Å². The quantitative estimate of drug-likeness (QED) is 0.595. The molecule has 0 amide bonds. The maximum Gasteiger partial charge on any atom is 0.331 e. The molecule has 1 aromatic rings. The van der Waals surface area contributed by atoms with Gasteiger partial charge >= 0.3 is 5.97 Å². The molecule has 0 saturated carbocycles. The zero-order valence-electron chi connectivity index (χ0n) is 11.1. The van der Waals surface area contributed by atoms with E-state index in [-0.39, 0.29) is 5.97 Å². The summed E-state index contributed by atoms with van der Waals surface area (Å²) < 4.78 is 15.3. The van der Waals surface area contributed by atoms with Gasteiger partial charge in [0.05, 0.1) is 20.8 Å². The maximum absolute atomic E-state index is 11.4. The van der Waals surface area contributed by atoms with Gasteiger partial charge < -0.3 is 14.2 Å². The lowest BCUT2D eigenvalue weighted by atomic mass is 10.1. The van der Waals surface area contributed by atoms with Gasteiger partial charge in [-0.3, -0.25) is 0 Å². The van der Waals surface area contributed by atoms with Crippen LogP contribution in [0.5, 0.6) is 11.5 Å². The van der Waals surface area contributed by atoms with Gasteiger partial charge in [-0.2, -0.15) is 0 Å². The Balaban J connectivity index is 3.09. The van der Waals surface area contributed by atoms with Crippen LogP contribution in [0.15, 0.2) is 24.3 Å². The van der Waals surface area contributed by atoms with Crippen LogP contribution in [-0.2, 0) is 9.53 Å². The lowest BCUT2D eigenvalue weighted by Crippen LogP contribution is -2.01. The number of benzene rings is 1. The molecule has 4 heteroatoms. The molecule has 0 spiro atoms. The summed E-state index contributed by atoms with van der Waals surface area (Å²) >= 11 is 0. The molecule has 0 aliphatic heterocycles. The van der Waals surface area contributed by atoms with Gasteiger partial charge in [-0.05, 0) is 37.6 Å². The summed E-state index contributed by atoms with van der Waals surface area (Å²) in [6.45, 7) is 3.96. The van der Waals surface area contributed by atoms with E-state index in [4.69, 9.17) is 14.2 Å². The molecule has 0 aliphatic carbocycles. The molecule has 0 N–H and O–H groups in total. The Bertz CT molecular complexity index is 449. The highest BCUT2D eigenvalue weighted by molar-refractivity contribution is 5.91. The lowest BCUT2D eigenvalue weighted by Gasteiger charge is -2.10. The van der Waals surface area contributed by atoms with Gasteiger partial charge in [0, 0.05) is 11.6 Å². The second-order valence-corrected chi connectivity index (χ2v) is 3.65. The Labute approximate surface area is 107 Å². The predicted octanol–water partition coefficient (Wildman–Crippen LogP) is 2.67. The van der Waals surface area contributed by atoms with Gasteiger partial charge in [0.2, 0.25) is 0 Å². The summed E-state index contributed by atoms with van der Waals surface area (Å²) in [5.41, 5.74) is 1.58. The van der Waals surface area contributed by atoms with Gasteiger partial charge in [-0.15, -0.1) is 0 Å². The molecule has 1 rings (SSSR count). The number of hydrogen-bond donors (Lipinski definition) is 0. The van der Waals surface area contributed by atoms with Crippen molar-refractivity contribution in [1.29, 1.82) is 0 Å². The van der Waals surface area contributed by atoms with E-state index in [1.54, 1.807) is 33.3 Å². The lowest BCUT2D eigenvalue weighted by molar-refractivity contribution is -0.137. The van der Waals surface area contributed by atoms with Crippen molar-refractivity contribution in [3.8, 4) is 11.5 Å². The van der Waals surface area contributed by atoms with Crippen molar-refractivity contribution >= 4 is 11.5 Å². The first-order chi connectivity index (χ1) is 8.62. The van der Waals surface area contributed by atoms with Crippen LogP contribution in [0.2, 0.25) is 0 Å². The summed E-state index contributed by atoms with van der Waals surface area (Å²) in [5, 5.41) is 0. The molecule has 18 heavy (non-hydrogen) atoms. The van der Waals surface area contributed by atoms with Crippen molar-refractivity contribution in [2.75, 3.05) is 20.8 Å².